The number of carbonyl (C=O) groups excluding carboxylic acids is 3. The van der Waals surface area contributed by atoms with Crippen molar-refractivity contribution < 1.29 is 23.5 Å². The lowest BCUT2D eigenvalue weighted by Crippen LogP contribution is -2.54. The minimum absolute atomic E-state index is 0.105. The predicted octanol–water partition coefficient (Wildman–Crippen LogP) is 2.14. The third-order valence-electron chi connectivity index (χ3n) is 7.57. The summed E-state index contributed by atoms with van der Waals surface area (Å²) >= 11 is 0. The van der Waals surface area contributed by atoms with Crippen molar-refractivity contribution in [3.8, 4) is 5.75 Å². The number of carbonyl (C=O) groups is 3. The highest BCUT2D eigenvalue weighted by Gasteiger charge is 2.43. The van der Waals surface area contributed by atoms with Gasteiger partial charge in [-0.1, -0.05) is 0 Å². The SMILES string of the molecule is Cc1cnc(C2CN([C@H]3CCC[C@H]3Oc3ccc4c(c3)CN(C3CCC(=O)NC3=O)C4=O)C2)o1. The van der Waals surface area contributed by atoms with Gasteiger partial charge in [-0.3, -0.25) is 24.6 Å². The number of aromatic nitrogens is 1. The fraction of sp³-hybridized carbons (Fsp3) is 0.520. The molecule has 3 atom stereocenters. The number of rotatable bonds is 5. The maximum atomic E-state index is 12.9. The van der Waals surface area contributed by atoms with Crippen LogP contribution in [0, 0.1) is 6.92 Å². The highest BCUT2D eigenvalue weighted by Crippen LogP contribution is 2.37. The average molecular weight is 465 g/mol. The number of ether oxygens (including phenoxy) is 1. The molecule has 1 aliphatic carbocycles. The number of nitrogens with zero attached hydrogens (tertiary/aromatic N) is 3. The summed E-state index contributed by atoms with van der Waals surface area (Å²) in [5.74, 6) is 1.94. The Morgan fingerprint density at radius 2 is 2.00 bits per heavy atom. The summed E-state index contributed by atoms with van der Waals surface area (Å²) in [6.45, 7) is 4.14. The van der Waals surface area contributed by atoms with E-state index in [9.17, 15) is 14.4 Å². The third kappa shape index (κ3) is 3.68. The maximum absolute atomic E-state index is 12.9. The van der Waals surface area contributed by atoms with E-state index in [1.54, 1.807) is 17.2 Å². The quantitative estimate of drug-likeness (QED) is 0.676. The van der Waals surface area contributed by atoms with Crippen LogP contribution in [0.3, 0.4) is 0 Å². The summed E-state index contributed by atoms with van der Waals surface area (Å²) in [4.78, 5) is 45.1. The Morgan fingerprint density at radius 1 is 1.15 bits per heavy atom. The Balaban J connectivity index is 1.10. The van der Waals surface area contributed by atoms with Crippen molar-refractivity contribution in [2.24, 2.45) is 0 Å². The number of hydrogen-bond acceptors (Lipinski definition) is 7. The number of fused-ring (bicyclic) bond motifs is 1. The number of piperidine rings is 1. The molecule has 1 saturated carbocycles. The fourth-order valence-corrected chi connectivity index (χ4v) is 5.76. The average Bonchev–Trinajstić information content (AvgIpc) is 3.48. The maximum Gasteiger partial charge on any atom is 0.255 e. The molecule has 4 aliphatic rings. The van der Waals surface area contributed by atoms with E-state index in [0.29, 0.717) is 30.5 Å². The topological polar surface area (TPSA) is 105 Å². The van der Waals surface area contributed by atoms with E-state index in [-0.39, 0.29) is 24.3 Å². The summed E-state index contributed by atoms with van der Waals surface area (Å²) in [7, 11) is 0. The number of nitrogens with one attached hydrogen (secondary N) is 1. The number of imide groups is 1. The van der Waals surface area contributed by atoms with Crippen molar-refractivity contribution in [2.45, 2.75) is 69.7 Å². The molecule has 0 bridgehead atoms. The minimum atomic E-state index is -0.604. The largest absolute Gasteiger partial charge is 0.489 e. The van der Waals surface area contributed by atoms with Gasteiger partial charge in [-0.05, 0) is 56.4 Å². The second-order valence-electron chi connectivity index (χ2n) is 9.83. The zero-order valence-electron chi connectivity index (χ0n) is 19.2. The van der Waals surface area contributed by atoms with Gasteiger partial charge >= 0.3 is 0 Å². The van der Waals surface area contributed by atoms with Crippen molar-refractivity contribution in [1.82, 2.24) is 20.1 Å². The van der Waals surface area contributed by atoms with Gasteiger partial charge in [-0.15, -0.1) is 0 Å². The van der Waals surface area contributed by atoms with E-state index in [4.69, 9.17) is 9.15 Å². The van der Waals surface area contributed by atoms with Crippen LogP contribution in [0.1, 0.15) is 65.6 Å². The number of oxazole rings is 1. The van der Waals surface area contributed by atoms with Gasteiger partial charge < -0.3 is 14.1 Å². The van der Waals surface area contributed by atoms with Gasteiger partial charge in [0.2, 0.25) is 11.8 Å². The Labute approximate surface area is 197 Å². The molecule has 2 aromatic rings. The van der Waals surface area contributed by atoms with E-state index in [0.717, 1.165) is 55.3 Å². The molecular weight excluding hydrogens is 436 g/mol. The highest BCUT2D eigenvalue weighted by atomic mass is 16.5. The molecule has 9 nitrogen and oxygen atoms in total. The normalized spacial score (nSPS) is 27.6. The van der Waals surface area contributed by atoms with Crippen LogP contribution in [0.15, 0.2) is 28.8 Å². The third-order valence-corrected chi connectivity index (χ3v) is 7.57. The molecule has 178 valence electrons. The molecule has 0 spiro atoms. The number of amides is 3. The lowest BCUT2D eigenvalue weighted by atomic mass is 9.96. The molecule has 9 heteroatoms. The van der Waals surface area contributed by atoms with Gasteiger partial charge in [0.25, 0.3) is 5.91 Å². The monoisotopic (exact) mass is 464 g/mol. The first-order valence-corrected chi connectivity index (χ1v) is 12.1. The van der Waals surface area contributed by atoms with Crippen molar-refractivity contribution in [1.29, 1.82) is 0 Å². The standard InChI is InChI=1S/C25H28N4O5/c1-14-10-26-24(33-14)16-11-28(12-16)19-3-2-4-21(19)34-17-5-6-18-15(9-17)13-29(25(18)32)20-7-8-22(30)27-23(20)31/h5-6,9-10,16,19-21H,2-4,7-8,11-13H2,1H3,(H,27,30,31)/t19-,20?,21+/m0/s1. The van der Waals surface area contributed by atoms with Crippen molar-refractivity contribution in [3.63, 3.8) is 0 Å². The number of hydrogen-bond donors (Lipinski definition) is 1. The lowest BCUT2D eigenvalue weighted by molar-refractivity contribution is -0.136. The molecule has 3 amide bonds. The van der Waals surface area contributed by atoms with E-state index in [2.05, 4.69) is 15.2 Å². The van der Waals surface area contributed by atoms with E-state index in [1.165, 1.54) is 0 Å². The van der Waals surface area contributed by atoms with Gasteiger partial charge in [-0.2, -0.15) is 0 Å². The fourth-order valence-electron chi connectivity index (χ4n) is 5.76. The minimum Gasteiger partial charge on any atom is -0.489 e. The zero-order valence-corrected chi connectivity index (χ0v) is 19.2. The molecule has 34 heavy (non-hydrogen) atoms. The number of aryl methyl sites for hydroxylation is 1. The predicted molar refractivity (Wildman–Crippen MR) is 120 cm³/mol. The summed E-state index contributed by atoms with van der Waals surface area (Å²) in [6.07, 6.45) is 5.73. The van der Waals surface area contributed by atoms with Crippen LogP contribution in [-0.4, -0.2) is 63.8 Å². The number of benzene rings is 1. The molecule has 3 fully saturated rings. The second kappa shape index (κ2) is 8.23. The lowest BCUT2D eigenvalue weighted by Gasteiger charge is -2.43. The van der Waals surface area contributed by atoms with Crippen LogP contribution in [-0.2, 0) is 16.1 Å². The molecule has 1 unspecified atom stereocenters. The van der Waals surface area contributed by atoms with Gasteiger partial charge in [0.15, 0.2) is 5.89 Å². The van der Waals surface area contributed by atoms with Gasteiger partial charge in [0.1, 0.15) is 23.7 Å². The number of likely N-dealkylation sites (tertiary alicyclic amines) is 1. The molecule has 3 aliphatic heterocycles. The first-order chi connectivity index (χ1) is 16.5. The van der Waals surface area contributed by atoms with Crippen LogP contribution in [0.4, 0.5) is 0 Å². The second-order valence-corrected chi connectivity index (χ2v) is 9.83. The molecule has 1 N–H and O–H groups in total. The van der Waals surface area contributed by atoms with Crippen molar-refractivity contribution in [3.05, 3.63) is 47.2 Å². The van der Waals surface area contributed by atoms with Gasteiger partial charge in [0, 0.05) is 37.7 Å². The van der Waals surface area contributed by atoms with Crippen LogP contribution < -0.4 is 10.1 Å². The van der Waals surface area contributed by atoms with Crippen LogP contribution in [0.5, 0.6) is 5.75 Å². The Bertz CT molecular complexity index is 1150. The van der Waals surface area contributed by atoms with Crippen LogP contribution in [0.2, 0.25) is 0 Å². The van der Waals surface area contributed by atoms with Crippen molar-refractivity contribution in [2.75, 3.05) is 13.1 Å². The molecule has 4 heterocycles. The highest BCUT2D eigenvalue weighted by molar-refractivity contribution is 6.05. The Hall–Kier alpha value is -3.20. The van der Waals surface area contributed by atoms with Crippen LogP contribution in [0.25, 0.3) is 0 Å². The molecule has 0 radical (unpaired) electrons. The Kier molecular flexibility index (Phi) is 5.17. The first-order valence-electron chi connectivity index (χ1n) is 12.1. The molecule has 2 saturated heterocycles. The summed E-state index contributed by atoms with van der Waals surface area (Å²) in [6, 6.07) is 5.35. The zero-order chi connectivity index (χ0) is 23.4. The van der Waals surface area contributed by atoms with E-state index < -0.39 is 11.9 Å². The smallest absolute Gasteiger partial charge is 0.255 e. The molecular formula is C25H28N4O5. The van der Waals surface area contributed by atoms with E-state index >= 15 is 0 Å². The van der Waals surface area contributed by atoms with Gasteiger partial charge in [-0.25, -0.2) is 4.98 Å². The van der Waals surface area contributed by atoms with Gasteiger partial charge in [0.05, 0.1) is 12.1 Å². The molecule has 6 rings (SSSR count). The van der Waals surface area contributed by atoms with E-state index in [1.807, 2.05) is 19.1 Å². The molecule has 1 aromatic carbocycles. The molecule has 1 aromatic heterocycles. The summed E-state index contributed by atoms with van der Waals surface area (Å²) in [5.41, 5.74) is 1.47. The Morgan fingerprint density at radius 3 is 2.76 bits per heavy atom. The van der Waals surface area contributed by atoms with Crippen LogP contribution >= 0.6 is 0 Å². The van der Waals surface area contributed by atoms with Crippen molar-refractivity contribution >= 4 is 17.7 Å². The first kappa shape index (κ1) is 21.3. The summed E-state index contributed by atoms with van der Waals surface area (Å²) < 4.78 is 12.1. The summed E-state index contributed by atoms with van der Waals surface area (Å²) in [5, 5.41) is 2.34.